The lowest BCUT2D eigenvalue weighted by Gasteiger charge is -2.58. The second-order valence-corrected chi connectivity index (χ2v) is 10.3. The molecule has 196 valence electrons. The van der Waals surface area contributed by atoms with Gasteiger partial charge in [0.1, 0.15) is 18.7 Å². The Morgan fingerprint density at radius 3 is 2.35 bits per heavy atom. The zero-order valence-corrected chi connectivity index (χ0v) is 19.9. The summed E-state index contributed by atoms with van der Waals surface area (Å²) in [6.45, 7) is 4.93. The Hall–Kier alpha value is -2.91. The average molecular weight is 522 g/mol. The van der Waals surface area contributed by atoms with Gasteiger partial charge in [-0.2, -0.15) is 26.3 Å². The van der Waals surface area contributed by atoms with E-state index in [-0.39, 0.29) is 34.5 Å². The number of nitrogens with zero attached hydrogens (tertiary/aromatic N) is 2. The SMILES string of the molecule is C=C[C@H]1C[N@+]2(Cc3cc(C(F)(F)F)cc(C(F)(F)F)c3)CC[C@H]1C[C@H]2[C@@H](O)c1ccnc2ccccc12. The normalized spacial score (nSPS) is 26.8. The minimum absolute atomic E-state index is 0.0397. The van der Waals surface area contributed by atoms with E-state index in [1.165, 1.54) is 0 Å². The van der Waals surface area contributed by atoms with Crippen LogP contribution in [-0.2, 0) is 18.9 Å². The zero-order valence-electron chi connectivity index (χ0n) is 19.9. The molecule has 9 heteroatoms. The molecule has 3 aliphatic heterocycles. The number of pyridine rings is 1. The number of aliphatic hydroxyl groups excluding tert-OH is 1. The minimum atomic E-state index is -4.91. The third kappa shape index (κ3) is 4.75. The quantitative estimate of drug-likeness (QED) is 0.225. The van der Waals surface area contributed by atoms with Gasteiger partial charge in [-0.1, -0.05) is 24.3 Å². The maximum Gasteiger partial charge on any atom is 0.416 e. The fourth-order valence-electron chi connectivity index (χ4n) is 6.44. The van der Waals surface area contributed by atoms with Crippen molar-refractivity contribution in [3.63, 3.8) is 0 Å². The summed E-state index contributed by atoms with van der Waals surface area (Å²) in [6.07, 6.45) is -5.99. The molecule has 3 aromatic rings. The number of quaternary nitrogens is 1. The van der Waals surface area contributed by atoms with Crippen LogP contribution in [0, 0.1) is 11.8 Å². The van der Waals surface area contributed by atoms with Crippen LogP contribution in [0.1, 0.15) is 41.2 Å². The van der Waals surface area contributed by atoms with Crippen molar-refractivity contribution in [2.75, 3.05) is 13.1 Å². The van der Waals surface area contributed by atoms with Crippen molar-refractivity contribution < 1.29 is 35.9 Å². The third-order valence-electron chi connectivity index (χ3n) is 8.19. The topological polar surface area (TPSA) is 33.1 Å². The smallest absolute Gasteiger partial charge is 0.382 e. The highest BCUT2D eigenvalue weighted by molar-refractivity contribution is 5.82. The van der Waals surface area contributed by atoms with Crippen molar-refractivity contribution in [3.8, 4) is 0 Å². The molecule has 0 amide bonds. The van der Waals surface area contributed by atoms with Crippen LogP contribution in [0.5, 0.6) is 0 Å². The largest absolute Gasteiger partial charge is 0.416 e. The maximum absolute atomic E-state index is 13.6. The first-order valence-corrected chi connectivity index (χ1v) is 12.2. The molecule has 3 saturated heterocycles. The lowest BCUT2D eigenvalue weighted by Crippen LogP contribution is -2.67. The molecule has 0 spiro atoms. The van der Waals surface area contributed by atoms with Crippen molar-refractivity contribution in [2.24, 2.45) is 11.8 Å². The van der Waals surface area contributed by atoms with Gasteiger partial charge in [-0.05, 0) is 41.8 Å². The summed E-state index contributed by atoms with van der Waals surface area (Å²) < 4.78 is 81.6. The van der Waals surface area contributed by atoms with Gasteiger partial charge in [0, 0.05) is 35.9 Å². The molecule has 2 aromatic carbocycles. The van der Waals surface area contributed by atoms with E-state index in [4.69, 9.17) is 0 Å². The number of alkyl halides is 6. The molecular formula is C28H27F6N2O+. The molecule has 2 bridgehead atoms. The Morgan fingerprint density at radius 1 is 1.03 bits per heavy atom. The number of para-hydroxylation sites is 1. The monoisotopic (exact) mass is 521 g/mol. The lowest BCUT2D eigenvalue weighted by molar-refractivity contribution is -0.984. The number of halogens is 6. The summed E-state index contributed by atoms with van der Waals surface area (Å²) in [5.74, 6) is 0.316. The number of hydrogen-bond donors (Lipinski definition) is 1. The number of hydrogen-bond acceptors (Lipinski definition) is 2. The molecule has 3 fully saturated rings. The number of rotatable bonds is 5. The van der Waals surface area contributed by atoms with Gasteiger partial charge in [-0.15, -0.1) is 6.58 Å². The second-order valence-electron chi connectivity index (χ2n) is 10.3. The maximum atomic E-state index is 13.6. The predicted octanol–water partition coefficient (Wildman–Crippen LogP) is 6.92. The van der Waals surface area contributed by atoms with E-state index in [2.05, 4.69) is 11.6 Å². The van der Waals surface area contributed by atoms with Crippen LogP contribution in [0.25, 0.3) is 10.9 Å². The van der Waals surface area contributed by atoms with Gasteiger partial charge in [0.2, 0.25) is 0 Å². The van der Waals surface area contributed by atoms with Gasteiger partial charge >= 0.3 is 12.4 Å². The summed E-state index contributed by atoms with van der Waals surface area (Å²) in [4.78, 5) is 4.35. The van der Waals surface area contributed by atoms with Crippen molar-refractivity contribution in [1.29, 1.82) is 0 Å². The molecule has 0 radical (unpaired) electrons. The van der Waals surface area contributed by atoms with Crippen LogP contribution in [0.2, 0.25) is 0 Å². The van der Waals surface area contributed by atoms with E-state index >= 15 is 0 Å². The van der Waals surface area contributed by atoms with Crippen LogP contribution < -0.4 is 0 Å². The van der Waals surface area contributed by atoms with Crippen molar-refractivity contribution in [2.45, 2.75) is 43.9 Å². The summed E-state index contributed by atoms with van der Waals surface area (Å²) in [6, 6.07) is 10.5. The van der Waals surface area contributed by atoms with Gasteiger partial charge in [-0.25, -0.2) is 0 Å². The standard InChI is InChI=1S/C28H27F6N2O/c1-2-18-16-36(15-17-11-20(27(29,30)31)14-21(12-17)28(32,33)34)10-8-19(18)13-25(36)26(37)23-7-9-35-24-6-4-3-5-22(23)24/h2-7,9,11-12,14,18-19,25-26,37H,1,8,10,13,15-16H2/q+1/t18-,19-,25-,26-,36+/m0/s1. The first kappa shape index (κ1) is 25.7. The van der Waals surface area contributed by atoms with Crippen LogP contribution in [0.3, 0.4) is 0 Å². The van der Waals surface area contributed by atoms with E-state index in [1.54, 1.807) is 12.3 Å². The average Bonchev–Trinajstić information content (AvgIpc) is 2.86. The first-order chi connectivity index (χ1) is 17.4. The van der Waals surface area contributed by atoms with E-state index in [0.29, 0.717) is 30.6 Å². The number of piperidine rings is 3. The summed E-state index contributed by atoms with van der Waals surface area (Å²) >= 11 is 0. The fourth-order valence-corrected chi connectivity index (χ4v) is 6.44. The summed E-state index contributed by atoms with van der Waals surface area (Å²) in [5, 5.41) is 12.5. The van der Waals surface area contributed by atoms with Crippen LogP contribution in [-0.4, -0.2) is 33.7 Å². The molecular weight excluding hydrogens is 494 g/mol. The fraction of sp³-hybridized carbons (Fsp3) is 0.393. The van der Waals surface area contributed by atoms with Crippen molar-refractivity contribution >= 4 is 10.9 Å². The zero-order chi connectivity index (χ0) is 26.6. The minimum Gasteiger partial charge on any atom is -0.382 e. The molecule has 3 nitrogen and oxygen atoms in total. The molecule has 3 aliphatic rings. The van der Waals surface area contributed by atoms with Gasteiger partial charge in [0.15, 0.2) is 0 Å². The van der Waals surface area contributed by atoms with Crippen LogP contribution in [0.4, 0.5) is 26.3 Å². The van der Waals surface area contributed by atoms with Crippen LogP contribution in [0.15, 0.2) is 67.4 Å². The molecule has 1 aromatic heterocycles. The van der Waals surface area contributed by atoms with Gasteiger partial charge < -0.3 is 9.59 Å². The third-order valence-corrected chi connectivity index (χ3v) is 8.19. The summed E-state index contributed by atoms with van der Waals surface area (Å²) in [5.41, 5.74) is -1.31. The van der Waals surface area contributed by atoms with Gasteiger partial charge in [0.05, 0.1) is 29.7 Å². The molecule has 0 saturated carbocycles. The molecule has 0 unspecified atom stereocenters. The molecule has 37 heavy (non-hydrogen) atoms. The number of benzene rings is 2. The predicted molar refractivity (Wildman–Crippen MR) is 127 cm³/mol. The second kappa shape index (κ2) is 9.13. The Bertz CT molecular complexity index is 1280. The Balaban J connectivity index is 1.59. The molecule has 6 rings (SSSR count). The number of aromatic nitrogens is 1. The Labute approximate surface area is 210 Å². The molecule has 1 N–H and O–H groups in total. The van der Waals surface area contributed by atoms with Gasteiger partial charge in [-0.3, -0.25) is 4.98 Å². The molecule has 4 heterocycles. The molecule has 0 aliphatic carbocycles. The lowest BCUT2D eigenvalue weighted by atomic mass is 9.71. The highest BCUT2D eigenvalue weighted by Gasteiger charge is 2.54. The Kier molecular flexibility index (Phi) is 6.35. The number of fused-ring (bicyclic) bond motifs is 4. The van der Waals surface area contributed by atoms with Crippen LogP contribution >= 0.6 is 0 Å². The van der Waals surface area contributed by atoms with Crippen molar-refractivity contribution in [3.05, 3.63) is 89.6 Å². The van der Waals surface area contributed by atoms with E-state index in [1.807, 2.05) is 30.3 Å². The molecule has 5 atom stereocenters. The van der Waals surface area contributed by atoms with Gasteiger partial charge in [0.25, 0.3) is 0 Å². The summed E-state index contributed by atoms with van der Waals surface area (Å²) in [7, 11) is 0. The van der Waals surface area contributed by atoms with Crippen molar-refractivity contribution in [1.82, 2.24) is 4.98 Å². The highest BCUT2D eigenvalue weighted by atomic mass is 19.4. The highest BCUT2D eigenvalue weighted by Crippen LogP contribution is 2.48. The van der Waals surface area contributed by atoms with E-state index in [9.17, 15) is 31.4 Å². The first-order valence-electron chi connectivity index (χ1n) is 12.2. The van der Waals surface area contributed by atoms with E-state index < -0.39 is 35.6 Å². The Morgan fingerprint density at radius 2 is 1.70 bits per heavy atom. The van der Waals surface area contributed by atoms with E-state index in [0.717, 1.165) is 23.9 Å². The number of aliphatic hydroxyl groups is 1.